The van der Waals surface area contributed by atoms with Crippen LogP contribution in [0.2, 0.25) is 0 Å². The van der Waals surface area contributed by atoms with Gasteiger partial charge in [0.25, 0.3) is 16.0 Å². The molecule has 11 heteroatoms. The first-order valence-corrected chi connectivity index (χ1v) is 13.8. The molecule has 2 N–H and O–H groups in total. The second kappa shape index (κ2) is 10.9. The molecule has 0 spiro atoms. The monoisotopic (exact) mass is 545 g/mol. The van der Waals surface area contributed by atoms with E-state index in [9.17, 15) is 12.8 Å². The second-order valence-corrected chi connectivity index (χ2v) is 11.3. The molecule has 0 saturated carbocycles. The molecule has 1 aliphatic carbocycles. The lowest BCUT2D eigenvalue weighted by Crippen LogP contribution is -2.39. The Morgan fingerprint density at radius 2 is 1.85 bits per heavy atom. The highest BCUT2D eigenvalue weighted by Crippen LogP contribution is 2.33. The summed E-state index contributed by atoms with van der Waals surface area (Å²) in [6.07, 6.45) is 11.4. The summed E-state index contributed by atoms with van der Waals surface area (Å²) < 4.78 is 42.5. The lowest BCUT2D eigenvalue weighted by molar-refractivity contribution is 0.402. The van der Waals surface area contributed by atoms with Gasteiger partial charge in [0, 0.05) is 24.9 Å². The first-order chi connectivity index (χ1) is 18.7. The number of allylic oxidation sites excluding steroid dienone is 6. The normalized spacial score (nSPS) is 15.5. The molecular formula is C28H28FN7O2S. The van der Waals surface area contributed by atoms with E-state index in [2.05, 4.69) is 14.9 Å². The Labute approximate surface area is 226 Å². The number of benzene rings is 1. The molecule has 0 bridgehead atoms. The molecule has 5 rings (SSSR count). The number of nitrogens with zero attached hydrogens (tertiary/aromatic N) is 6. The summed E-state index contributed by atoms with van der Waals surface area (Å²) in [7, 11) is 0.0114. The fraction of sp³-hybridized carbons (Fsp3) is 0.179. The largest absolute Gasteiger partial charge is 0.305 e. The maximum absolute atomic E-state index is 13.9. The molecule has 4 aromatic rings. The molecule has 3 aromatic heterocycles. The van der Waals surface area contributed by atoms with Crippen LogP contribution in [0.5, 0.6) is 0 Å². The number of hydrazine groups is 1. The number of pyridine rings is 1. The third-order valence-electron chi connectivity index (χ3n) is 6.14. The number of hydrogen-bond acceptors (Lipinski definition) is 7. The van der Waals surface area contributed by atoms with E-state index in [1.54, 1.807) is 42.5 Å². The van der Waals surface area contributed by atoms with E-state index < -0.39 is 10.0 Å². The van der Waals surface area contributed by atoms with Crippen molar-refractivity contribution in [2.75, 3.05) is 18.5 Å². The van der Waals surface area contributed by atoms with Gasteiger partial charge >= 0.3 is 0 Å². The standard InChI is InChI=1S/C28H28FN7O2S/c1-34(2)18-21-14-16-35-25(17-21)33-26(22-9-6-10-23(29)12-11-22)27(35)24-13-15-31-28(32-24)36(30)39(37,38)19-20-7-4-3-5-8-20/h3-17,22H,18-19,30H2,1-2H3. The zero-order valence-electron chi connectivity index (χ0n) is 21.5. The highest BCUT2D eigenvalue weighted by molar-refractivity contribution is 7.91. The van der Waals surface area contributed by atoms with Gasteiger partial charge in [0.1, 0.15) is 11.5 Å². The first kappa shape index (κ1) is 26.4. The molecule has 0 aliphatic heterocycles. The molecule has 0 fully saturated rings. The number of imidazole rings is 1. The summed E-state index contributed by atoms with van der Waals surface area (Å²) >= 11 is 0. The number of halogens is 1. The summed E-state index contributed by atoms with van der Waals surface area (Å²) in [5.41, 5.74) is 4.02. The van der Waals surface area contributed by atoms with Crippen molar-refractivity contribution < 1.29 is 12.8 Å². The van der Waals surface area contributed by atoms with Gasteiger partial charge in [-0.15, -0.1) is 0 Å². The minimum absolute atomic E-state index is 0.173. The van der Waals surface area contributed by atoms with Crippen molar-refractivity contribution >= 4 is 21.6 Å². The van der Waals surface area contributed by atoms with Crippen molar-refractivity contribution in [1.29, 1.82) is 0 Å². The average molecular weight is 546 g/mol. The van der Waals surface area contributed by atoms with Gasteiger partial charge in [0.15, 0.2) is 0 Å². The molecule has 1 unspecified atom stereocenters. The van der Waals surface area contributed by atoms with Crippen LogP contribution >= 0.6 is 0 Å². The Kier molecular flexibility index (Phi) is 7.38. The van der Waals surface area contributed by atoms with Crippen LogP contribution in [0.15, 0.2) is 97.1 Å². The predicted octanol–water partition coefficient (Wildman–Crippen LogP) is 4.13. The highest BCUT2D eigenvalue weighted by Gasteiger charge is 2.25. The van der Waals surface area contributed by atoms with Crippen LogP contribution in [-0.4, -0.2) is 46.8 Å². The van der Waals surface area contributed by atoms with Gasteiger partial charge in [0.2, 0.25) is 0 Å². The Morgan fingerprint density at radius 3 is 2.62 bits per heavy atom. The van der Waals surface area contributed by atoms with E-state index in [1.807, 2.05) is 49.0 Å². The van der Waals surface area contributed by atoms with E-state index in [0.717, 1.165) is 12.1 Å². The Balaban J connectivity index is 1.59. The Hall–Kier alpha value is -4.19. The van der Waals surface area contributed by atoms with Crippen LogP contribution in [0, 0.1) is 0 Å². The second-order valence-electron chi connectivity index (χ2n) is 9.45. The molecule has 0 amide bonds. The van der Waals surface area contributed by atoms with E-state index in [-0.39, 0.29) is 23.4 Å². The minimum atomic E-state index is -3.97. The van der Waals surface area contributed by atoms with Gasteiger partial charge in [0.05, 0.1) is 22.8 Å². The summed E-state index contributed by atoms with van der Waals surface area (Å²) in [5, 5.41) is 0. The summed E-state index contributed by atoms with van der Waals surface area (Å²) in [4.78, 5) is 15.6. The van der Waals surface area contributed by atoms with Crippen LogP contribution in [0.4, 0.5) is 10.3 Å². The van der Waals surface area contributed by atoms with E-state index in [1.165, 1.54) is 18.3 Å². The number of sulfonamides is 1. The van der Waals surface area contributed by atoms with E-state index in [0.29, 0.717) is 32.7 Å². The minimum Gasteiger partial charge on any atom is -0.305 e. The number of aromatic nitrogens is 4. The van der Waals surface area contributed by atoms with Crippen LogP contribution in [-0.2, 0) is 22.3 Å². The zero-order chi connectivity index (χ0) is 27.6. The fourth-order valence-corrected chi connectivity index (χ4v) is 5.48. The molecule has 0 radical (unpaired) electrons. The van der Waals surface area contributed by atoms with E-state index in [4.69, 9.17) is 10.8 Å². The van der Waals surface area contributed by atoms with Crippen molar-refractivity contribution in [2.24, 2.45) is 5.84 Å². The van der Waals surface area contributed by atoms with Gasteiger partial charge in [-0.3, -0.25) is 4.40 Å². The van der Waals surface area contributed by atoms with Crippen molar-refractivity contribution in [3.05, 3.63) is 114 Å². The first-order valence-electron chi connectivity index (χ1n) is 12.2. The predicted molar refractivity (Wildman–Crippen MR) is 150 cm³/mol. The lowest BCUT2D eigenvalue weighted by Gasteiger charge is -2.17. The smallest absolute Gasteiger partial charge is 0.255 e. The lowest BCUT2D eigenvalue weighted by atomic mass is 10.0. The highest BCUT2D eigenvalue weighted by atomic mass is 32.2. The third-order valence-corrected chi connectivity index (χ3v) is 7.60. The SMILES string of the molecule is CN(C)Cc1ccn2c(-c3ccnc(N(N)S(=O)(=O)Cc4ccccc4)n3)c(C3C=CC=C(F)C=C3)nc2c1. The molecular weight excluding hydrogens is 517 g/mol. The molecule has 0 saturated heterocycles. The van der Waals surface area contributed by atoms with Gasteiger partial charge in [-0.1, -0.05) is 48.6 Å². The van der Waals surface area contributed by atoms with E-state index >= 15 is 0 Å². The molecule has 1 atom stereocenters. The zero-order valence-corrected chi connectivity index (χ0v) is 22.3. The summed E-state index contributed by atoms with van der Waals surface area (Å²) in [5.74, 6) is 4.87. The van der Waals surface area contributed by atoms with Gasteiger partial charge in [-0.05, 0) is 55.6 Å². The number of rotatable bonds is 8. The summed E-state index contributed by atoms with van der Waals surface area (Å²) in [6, 6.07) is 14.4. The average Bonchev–Trinajstić information content (AvgIpc) is 3.14. The molecule has 200 valence electrons. The summed E-state index contributed by atoms with van der Waals surface area (Å²) in [6.45, 7) is 0.728. The van der Waals surface area contributed by atoms with Crippen LogP contribution < -0.4 is 10.3 Å². The van der Waals surface area contributed by atoms with Gasteiger partial charge < -0.3 is 4.90 Å². The number of nitrogens with two attached hydrogens (primary N) is 1. The fourth-order valence-electron chi connectivity index (χ4n) is 4.39. The molecule has 3 heterocycles. The van der Waals surface area contributed by atoms with Gasteiger partial charge in [-0.2, -0.15) is 4.41 Å². The number of hydrogen-bond donors (Lipinski definition) is 1. The quantitative estimate of drug-likeness (QED) is 0.262. The number of fused-ring (bicyclic) bond motifs is 1. The van der Waals surface area contributed by atoms with Gasteiger partial charge in [-0.25, -0.2) is 33.6 Å². The van der Waals surface area contributed by atoms with Crippen molar-refractivity contribution in [3.63, 3.8) is 0 Å². The molecule has 1 aromatic carbocycles. The maximum atomic E-state index is 13.9. The van der Waals surface area contributed by atoms with Crippen LogP contribution in [0.25, 0.3) is 17.0 Å². The Morgan fingerprint density at radius 1 is 1.05 bits per heavy atom. The molecule has 1 aliphatic rings. The van der Waals surface area contributed by atoms with Crippen molar-refractivity contribution in [1.82, 2.24) is 24.3 Å². The number of anilines is 1. The van der Waals surface area contributed by atoms with Crippen molar-refractivity contribution in [3.8, 4) is 11.4 Å². The third kappa shape index (κ3) is 5.80. The van der Waals surface area contributed by atoms with Crippen LogP contribution in [0.1, 0.15) is 22.7 Å². The molecule has 39 heavy (non-hydrogen) atoms. The maximum Gasteiger partial charge on any atom is 0.255 e. The molecule has 9 nitrogen and oxygen atoms in total. The topological polar surface area (TPSA) is 110 Å². The Bertz CT molecular complexity index is 1700. The van der Waals surface area contributed by atoms with Crippen molar-refractivity contribution in [2.45, 2.75) is 18.2 Å². The van der Waals surface area contributed by atoms with Crippen LogP contribution in [0.3, 0.4) is 0 Å².